The maximum absolute atomic E-state index is 10.5. The van der Waals surface area contributed by atoms with Gasteiger partial charge < -0.3 is 10.8 Å². The highest BCUT2D eigenvalue weighted by Crippen LogP contribution is 2.29. The minimum absolute atomic E-state index is 0.524. The summed E-state index contributed by atoms with van der Waals surface area (Å²) >= 11 is 0. The van der Waals surface area contributed by atoms with Crippen molar-refractivity contribution in [3.8, 4) is 0 Å². The minimum atomic E-state index is -0.827. The SMILES string of the molecule is Nc1ccncc1C(O)c1cccc2cccnc12. The smallest absolute Gasteiger partial charge is 0.110 e. The van der Waals surface area contributed by atoms with E-state index < -0.39 is 6.10 Å². The lowest BCUT2D eigenvalue weighted by atomic mass is 9.99. The Morgan fingerprint density at radius 2 is 1.84 bits per heavy atom. The van der Waals surface area contributed by atoms with Crippen LogP contribution in [0.1, 0.15) is 17.2 Å². The number of rotatable bonds is 2. The molecule has 19 heavy (non-hydrogen) atoms. The van der Waals surface area contributed by atoms with Crippen LogP contribution in [0.2, 0.25) is 0 Å². The van der Waals surface area contributed by atoms with E-state index in [1.807, 2.05) is 30.3 Å². The fraction of sp³-hybridized carbons (Fsp3) is 0.0667. The number of pyridine rings is 2. The van der Waals surface area contributed by atoms with Crippen LogP contribution in [0.5, 0.6) is 0 Å². The van der Waals surface area contributed by atoms with Crippen LogP contribution in [0, 0.1) is 0 Å². The lowest BCUT2D eigenvalue weighted by Crippen LogP contribution is -2.05. The van der Waals surface area contributed by atoms with Gasteiger partial charge in [-0.2, -0.15) is 0 Å². The second-order valence-electron chi connectivity index (χ2n) is 4.33. The molecule has 1 unspecified atom stereocenters. The largest absolute Gasteiger partial charge is 0.398 e. The van der Waals surface area contributed by atoms with Gasteiger partial charge in [0.15, 0.2) is 0 Å². The Labute approximate surface area is 110 Å². The third-order valence-electron chi connectivity index (χ3n) is 3.14. The highest BCUT2D eigenvalue weighted by atomic mass is 16.3. The Morgan fingerprint density at radius 3 is 2.68 bits per heavy atom. The maximum atomic E-state index is 10.5. The number of aliphatic hydroxyl groups excluding tert-OH is 1. The van der Waals surface area contributed by atoms with E-state index in [4.69, 9.17) is 5.73 Å². The molecule has 2 heterocycles. The maximum Gasteiger partial charge on any atom is 0.110 e. The lowest BCUT2D eigenvalue weighted by molar-refractivity contribution is 0.222. The Morgan fingerprint density at radius 1 is 1.00 bits per heavy atom. The highest BCUT2D eigenvalue weighted by molar-refractivity contribution is 5.82. The van der Waals surface area contributed by atoms with Gasteiger partial charge in [-0.1, -0.05) is 24.3 Å². The number of nitrogens with zero attached hydrogens (tertiary/aromatic N) is 2. The highest BCUT2D eigenvalue weighted by Gasteiger charge is 2.16. The van der Waals surface area contributed by atoms with Gasteiger partial charge in [0.05, 0.1) is 5.52 Å². The van der Waals surface area contributed by atoms with Crippen molar-refractivity contribution in [1.82, 2.24) is 9.97 Å². The summed E-state index contributed by atoms with van der Waals surface area (Å²) in [5, 5.41) is 11.5. The molecule has 0 saturated heterocycles. The molecule has 1 aromatic carbocycles. The molecule has 0 radical (unpaired) electrons. The molecule has 0 amide bonds. The normalized spacial score (nSPS) is 12.5. The molecule has 1 atom stereocenters. The number of aromatic nitrogens is 2. The summed E-state index contributed by atoms with van der Waals surface area (Å²) in [6.45, 7) is 0. The van der Waals surface area contributed by atoms with Crippen molar-refractivity contribution < 1.29 is 5.11 Å². The summed E-state index contributed by atoms with van der Waals surface area (Å²) in [6, 6.07) is 11.2. The van der Waals surface area contributed by atoms with E-state index in [1.54, 1.807) is 24.7 Å². The molecule has 0 saturated carbocycles. The fourth-order valence-electron chi connectivity index (χ4n) is 2.16. The topological polar surface area (TPSA) is 72.0 Å². The molecule has 0 spiro atoms. The summed E-state index contributed by atoms with van der Waals surface area (Å²) < 4.78 is 0. The van der Waals surface area contributed by atoms with E-state index in [1.165, 1.54) is 0 Å². The predicted octanol–water partition coefficient (Wildman–Crippen LogP) is 2.29. The van der Waals surface area contributed by atoms with Crippen LogP contribution in [0.3, 0.4) is 0 Å². The van der Waals surface area contributed by atoms with Gasteiger partial charge in [-0.05, 0) is 12.1 Å². The van der Waals surface area contributed by atoms with Crippen LogP contribution in [0.4, 0.5) is 5.69 Å². The van der Waals surface area contributed by atoms with Crippen LogP contribution < -0.4 is 5.73 Å². The third kappa shape index (κ3) is 2.02. The molecule has 4 heteroatoms. The van der Waals surface area contributed by atoms with Crippen molar-refractivity contribution in [1.29, 1.82) is 0 Å². The van der Waals surface area contributed by atoms with Crippen molar-refractivity contribution in [2.45, 2.75) is 6.10 Å². The fourth-order valence-corrected chi connectivity index (χ4v) is 2.16. The Kier molecular flexibility index (Phi) is 2.85. The molecule has 0 bridgehead atoms. The molecule has 94 valence electrons. The number of nitrogen functional groups attached to an aromatic ring is 1. The van der Waals surface area contributed by atoms with E-state index in [2.05, 4.69) is 9.97 Å². The second kappa shape index (κ2) is 4.66. The van der Waals surface area contributed by atoms with Crippen molar-refractivity contribution >= 4 is 16.6 Å². The van der Waals surface area contributed by atoms with Crippen LogP contribution >= 0.6 is 0 Å². The minimum Gasteiger partial charge on any atom is -0.398 e. The second-order valence-corrected chi connectivity index (χ2v) is 4.33. The number of benzene rings is 1. The third-order valence-corrected chi connectivity index (χ3v) is 3.14. The van der Waals surface area contributed by atoms with Crippen LogP contribution in [0.15, 0.2) is 55.0 Å². The average molecular weight is 251 g/mol. The Hall–Kier alpha value is -2.46. The average Bonchev–Trinajstić information content (AvgIpc) is 2.46. The first-order valence-corrected chi connectivity index (χ1v) is 5.98. The van der Waals surface area contributed by atoms with Crippen molar-refractivity contribution in [2.75, 3.05) is 5.73 Å². The van der Waals surface area contributed by atoms with E-state index >= 15 is 0 Å². The summed E-state index contributed by atoms with van der Waals surface area (Å²) in [6.07, 6.45) is 4.08. The molecule has 4 nitrogen and oxygen atoms in total. The number of nitrogens with two attached hydrogens (primary N) is 1. The zero-order valence-electron chi connectivity index (χ0n) is 10.2. The van der Waals surface area contributed by atoms with Crippen molar-refractivity contribution in [2.24, 2.45) is 0 Å². The van der Waals surface area contributed by atoms with Gasteiger partial charge in [0, 0.05) is 40.8 Å². The van der Waals surface area contributed by atoms with Gasteiger partial charge in [0.25, 0.3) is 0 Å². The summed E-state index contributed by atoms with van der Waals surface area (Å²) in [5.41, 5.74) is 8.52. The van der Waals surface area contributed by atoms with Gasteiger partial charge in [0.2, 0.25) is 0 Å². The van der Waals surface area contributed by atoms with Crippen molar-refractivity contribution in [3.05, 3.63) is 66.1 Å². The van der Waals surface area contributed by atoms with Gasteiger partial charge in [-0.15, -0.1) is 0 Å². The Balaban J connectivity index is 2.17. The number of hydrogen-bond acceptors (Lipinski definition) is 4. The zero-order chi connectivity index (χ0) is 13.2. The molecule has 0 aliphatic rings. The molecular weight excluding hydrogens is 238 g/mol. The predicted molar refractivity (Wildman–Crippen MR) is 74.5 cm³/mol. The number of para-hydroxylation sites is 1. The first-order valence-electron chi connectivity index (χ1n) is 5.98. The summed E-state index contributed by atoms with van der Waals surface area (Å²) in [4.78, 5) is 8.35. The lowest BCUT2D eigenvalue weighted by Gasteiger charge is -2.14. The number of hydrogen-bond donors (Lipinski definition) is 2. The van der Waals surface area contributed by atoms with Crippen LogP contribution in [-0.4, -0.2) is 15.1 Å². The molecule has 0 aliphatic carbocycles. The molecule has 0 aliphatic heterocycles. The summed E-state index contributed by atoms with van der Waals surface area (Å²) in [5.74, 6) is 0. The number of aliphatic hydroxyl groups is 1. The van der Waals surface area contributed by atoms with Gasteiger partial charge in [-0.3, -0.25) is 9.97 Å². The van der Waals surface area contributed by atoms with Crippen LogP contribution in [-0.2, 0) is 0 Å². The van der Waals surface area contributed by atoms with Gasteiger partial charge in [0.1, 0.15) is 6.10 Å². The standard InChI is InChI=1S/C15H13N3O/c16-13-6-8-17-9-12(13)15(19)11-5-1-3-10-4-2-7-18-14(10)11/h1-9,15,19H,(H2,16,17). The van der Waals surface area contributed by atoms with Crippen molar-refractivity contribution in [3.63, 3.8) is 0 Å². The monoisotopic (exact) mass is 251 g/mol. The van der Waals surface area contributed by atoms with E-state index in [-0.39, 0.29) is 0 Å². The Bertz CT molecular complexity index is 722. The molecule has 3 aromatic rings. The summed E-state index contributed by atoms with van der Waals surface area (Å²) in [7, 11) is 0. The van der Waals surface area contributed by atoms with Gasteiger partial charge >= 0.3 is 0 Å². The zero-order valence-corrected chi connectivity index (χ0v) is 10.2. The van der Waals surface area contributed by atoms with E-state index in [0.29, 0.717) is 11.3 Å². The number of anilines is 1. The molecule has 3 N–H and O–H groups in total. The first kappa shape index (κ1) is 11.6. The van der Waals surface area contributed by atoms with E-state index in [0.717, 1.165) is 16.5 Å². The first-order chi connectivity index (χ1) is 9.27. The van der Waals surface area contributed by atoms with Crippen LogP contribution in [0.25, 0.3) is 10.9 Å². The van der Waals surface area contributed by atoms with Gasteiger partial charge in [-0.25, -0.2) is 0 Å². The molecule has 2 aromatic heterocycles. The number of fused-ring (bicyclic) bond motifs is 1. The van der Waals surface area contributed by atoms with E-state index in [9.17, 15) is 5.11 Å². The molecular formula is C15H13N3O. The molecule has 3 rings (SSSR count). The quantitative estimate of drug-likeness (QED) is 0.733. The molecule has 0 fully saturated rings.